The fourth-order valence-electron chi connectivity index (χ4n) is 2.32. The van der Waals surface area contributed by atoms with Crippen molar-refractivity contribution < 1.29 is 37.0 Å². The van der Waals surface area contributed by atoms with Crippen LogP contribution < -0.4 is 4.74 Å². The van der Waals surface area contributed by atoms with Crippen molar-refractivity contribution in [3.05, 3.63) is 28.8 Å². The highest BCUT2D eigenvalue weighted by Crippen LogP contribution is 2.25. The van der Waals surface area contributed by atoms with Gasteiger partial charge < -0.3 is 14.2 Å². The first kappa shape index (κ1) is 22.8. The summed E-state index contributed by atoms with van der Waals surface area (Å²) < 4.78 is 51.6. The second kappa shape index (κ2) is 9.10. The molecule has 152 valence electrons. The lowest BCUT2D eigenvalue weighted by Crippen LogP contribution is -2.33. The van der Waals surface area contributed by atoms with Gasteiger partial charge in [0.15, 0.2) is 6.61 Å². The smallest absolute Gasteiger partial charge is 0.422 e. The van der Waals surface area contributed by atoms with Gasteiger partial charge in [0.25, 0.3) is 0 Å². The second-order valence-corrected chi connectivity index (χ2v) is 6.88. The van der Waals surface area contributed by atoms with E-state index in [0.717, 1.165) is 0 Å². The van der Waals surface area contributed by atoms with Crippen LogP contribution in [0.4, 0.5) is 13.2 Å². The molecule has 0 N–H and O–H groups in total. The molecule has 0 bridgehead atoms. The van der Waals surface area contributed by atoms with Crippen molar-refractivity contribution in [1.29, 1.82) is 0 Å². The number of aryl methyl sites for hydroxylation is 2. The summed E-state index contributed by atoms with van der Waals surface area (Å²) in [5.41, 5.74) is 0.918. The maximum Gasteiger partial charge on any atom is 0.422 e. The lowest BCUT2D eigenvalue weighted by atomic mass is 9.95. The van der Waals surface area contributed by atoms with Crippen molar-refractivity contribution in [2.45, 2.75) is 47.2 Å². The molecule has 0 aliphatic rings. The summed E-state index contributed by atoms with van der Waals surface area (Å²) in [5.74, 6) is -0.915. The largest absolute Gasteiger partial charge is 0.484 e. The van der Waals surface area contributed by atoms with Crippen molar-refractivity contribution in [2.24, 2.45) is 5.41 Å². The van der Waals surface area contributed by atoms with Gasteiger partial charge in [-0.15, -0.1) is 0 Å². The van der Waals surface area contributed by atoms with E-state index in [4.69, 9.17) is 14.2 Å². The average molecular weight is 390 g/mol. The van der Waals surface area contributed by atoms with Gasteiger partial charge in [-0.25, -0.2) is 0 Å². The number of hydrogen-bond donors (Lipinski definition) is 0. The number of benzene rings is 1. The first-order valence-corrected chi connectivity index (χ1v) is 8.48. The Morgan fingerprint density at radius 3 is 2.04 bits per heavy atom. The van der Waals surface area contributed by atoms with E-state index in [2.05, 4.69) is 0 Å². The summed E-state index contributed by atoms with van der Waals surface area (Å²) in [6.07, 6.45) is -4.48. The minimum absolute atomic E-state index is 0.0594. The third-order valence-corrected chi connectivity index (χ3v) is 3.82. The van der Waals surface area contributed by atoms with Crippen LogP contribution in [0.15, 0.2) is 12.1 Å². The second-order valence-electron chi connectivity index (χ2n) is 6.88. The first-order chi connectivity index (χ1) is 12.4. The Kier molecular flexibility index (Phi) is 7.68. The first-order valence-electron chi connectivity index (χ1n) is 8.48. The van der Waals surface area contributed by atoms with Gasteiger partial charge in [-0.1, -0.05) is 0 Å². The van der Waals surface area contributed by atoms with Crippen LogP contribution >= 0.6 is 0 Å². The Morgan fingerprint density at radius 2 is 1.56 bits per heavy atom. The molecule has 0 heterocycles. The highest BCUT2D eigenvalue weighted by Gasteiger charge is 2.31. The molecule has 1 aromatic rings. The fourth-order valence-corrected chi connectivity index (χ4v) is 2.32. The minimum Gasteiger partial charge on any atom is -0.484 e. The van der Waals surface area contributed by atoms with Crippen LogP contribution in [0.5, 0.6) is 5.75 Å². The molecule has 8 heteroatoms. The van der Waals surface area contributed by atoms with Crippen LogP contribution in [-0.2, 0) is 25.5 Å². The van der Waals surface area contributed by atoms with Gasteiger partial charge in [0.05, 0.1) is 18.4 Å². The molecule has 0 aliphatic heterocycles. The third-order valence-electron chi connectivity index (χ3n) is 3.82. The van der Waals surface area contributed by atoms with Crippen molar-refractivity contribution in [3.63, 3.8) is 0 Å². The Hall–Kier alpha value is -2.25. The lowest BCUT2D eigenvalue weighted by Gasteiger charge is -2.22. The number of esters is 2. The number of halogens is 3. The molecule has 0 aromatic heterocycles. The van der Waals surface area contributed by atoms with Crippen LogP contribution in [0.2, 0.25) is 0 Å². The number of hydrogen-bond acceptors (Lipinski definition) is 5. The summed E-state index contributed by atoms with van der Waals surface area (Å²) in [5, 5.41) is 0. The molecule has 0 spiro atoms. The SMILES string of the molecule is CCOC(=O)C(C)(C)COC(=O)Cc1c(C)cc(OCC(F)(F)F)cc1C. The van der Waals surface area contributed by atoms with E-state index in [0.29, 0.717) is 16.7 Å². The summed E-state index contributed by atoms with van der Waals surface area (Å²) in [7, 11) is 0. The van der Waals surface area contributed by atoms with Gasteiger partial charge in [0, 0.05) is 0 Å². The van der Waals surface area contributed by atoms with Crippen molar-refractivity contribution in [2.75, 3.05) is 19.8 Å². The summed E-state index contributed by atoms with van der Waals surface area (Å²) >= 11 is 0. The molecule has 0 unspecified atom stereocenters. The molecule has 0 saturated heterocycles. The van der Waals surface area contributed by atoms with Crippen LogP contribution in [0, 0.1) is 19.3 Å². The lowest BCUT2D eigenvalue weighted by molar-refractivity contribution is -0.161. The Morgan fingerprint density at radius 1 is 1.00 bits per heavy atom. The van der Waals surface area contributed by atoms with Gasteiger partial charge in [-0.3, -0.25) is 9.59 Å². The molecule has 1 aromatic carbocycles. The number of alkyl halides is 3. The predicted octanol–water partition coefficient (Wildman–Crippen LogP) is 3.92. The Balaban J connectivity index is 2.73. The molecule has 0 radical (unpaired) electrons. The summed E-state index contributed by atoms with van der Waals surface area (Å²) in [6.45, 7) is 7.00. The van der Waals surface area contributed by atoms with Gasteiger partial charge in [0.2, 0.25) is 0 Å². The molecule has 0 amide bonds. The number of carbonyl (C=O) groups is 2. The van der Waals surface area contributed by atoms with Crippen molar-refractivity contribution >= 4 is 11.9 Å². The van der Waals surface area contributed by atoms with E-state index in [1.165, 1.54) is 12.1 Å². The van der Waals surface area contributed by atoms with Crippen molar-refractivity contribution in [1.82, 2.24) is 0 Å². The monoisotopic (exact) mass is 390 g/mol. The molecule has 0 saturated carbocycles. The Bertz CT molecular complexity index is 657. The minimum atomic E-state index is -4.42. The quantitative estimate of drug-likeness (QED) is 0.630. The van der Waals surface area contributed by atoms with E-state index >= 15 is 0 Å². The highest BCUT2D eigenvalue weighted by molar-refractivity contribution is 5.77. The third kappa shape index (κ3) is 7.48. The van der Waals surface area contributed by atoms with Crippen molar-refractivity contribution in [3.8, 4) is 5.75 Å². The molecule has 5 nitrogen and oxygen atoms in total. The van der Waals surface area contributed by atoms with E-state index < -0.39 is 30.1 Å². The zero-order valence-corrected chi connectivity index (χ0v) is 16.2. The average Bonchev–Trinajstić information content (AvgIpc) is 2.54. The molecule has 0 aliphatic carbocycles. The van der Waals surface area contributed by atoms with Gasteiger partial charge >= 0.3 is 18.1 Å². The van der Waals surface area contributed by atoms with Crippen LogP contribution in [0.1, 0.15) is 37.5 Å². The zero-order valence-electron chi connectivity index (χ0n) is 16.2. The summed E-state index contributed by atoms with van der Waals surface area (Å²) in [6, 6.07) is 2.90. The van der Waals surface area contributed by atoms with Gasteiger partial charge in [0.1, 0.15) is 12.4 Å². The van der Waals surface area contributed by atoms with Gasteiger partial charge in [-0.2, -0.15) is 13.2 Å². The molecular weight excluding hydrogens is 365 g/mol. The van der Waals surface area contributed by atoms with Crippen LogP contribution in [0.25, 0.3) is 0 Å². The number of ether oxygens (including phenoxy) is 3. The maximum atomic E-state index is 12.3. The normalized spacial score (nSPS) is 11.9. The summed E-state index contributed by atoms with van der Waals surface area (Å²) in [4.78, 5) is 23.9. The molecule has 1 rings (SSSR count). The van der Waals surface area contributed by atoms with Crippen LogP contribution in [-0.4, -0.2) is 37.9 Å². The maximum absolute atomic E-state index is 12.3. The molecular formula is C19H25F3O5. The predicted molar refractivity (Wildman–Crippen MR) is 92.5 cm³/mol. The fraction of sp³-hybridized carbons (Fsp3) is 0.579. The number of carbonyl (C=O) groups excluding carboxylic acids is 2. The van der Waals surface area contributed by atoms with E-state index in [1.807, 2.05) is 0 Å². The van der Waals surface area contributed by atoms with Gasteiger partial charge in [-0.05, 0) is 63.4 Å². The molecule has 0 fully saturated rings. The van der Waals surface area contributed by atoms with Crippen LogP contribution in [0.3, 0.4) is 0 Å². The zero-order chi connectivity index (χ0) is 20.8. The molecule has 27 heavy (non-hydrogen) atoms. The van der Waals surface area contributed by atoms with E-state index in [9.17, 15) is 22.8 Å². The van der Waals surface area contributed by atoms with E-state index in [-0.39, 0.29) is 25.4 Å². The standard InChI is InChI=1S/C19H25F3O5/c1-6-25-17(24)18(4,5)10-27-16(23)9-15-12(2)7-14(8-13(15)3)26-11-19(20,21)22/h7-8H,6,9-11H2,1-5H3. The van der Waals surface area contributed by atoms with E-state index in [1.54, 1.807) is 34.6 Å². The number of rotatable bonds is 8. The molecule has 0 atom stereocenters. The Labute approximate surface area is 156 Å². The topological polar surface area (TPSA) is 61.8 Å². The highest BCUT2D eigenvalue weighted by atomic mass is 19.4.